The largest absolute Gasteiger partial charge is 0.369 e. The highest BCUT2D eigenvalue weighted by atomic mass is 35.5. The summed E-state index contributed by atoms with van der Waals surface area (Å²) in [6.07, 6.45) is 0. The van der Waals surface area contributed by atoms with Crippen molar-refractivity contribution in [1.82, 2.24) is 10.9 Å². The second-order valence-corrected chi connectivity index (χ2v) is 3.08. The highest BCUT2D eigenvalue weighted by Crippen LogP contribution is 2.15. The standard InChI is InChI=1S/C9H13ClN4/c1-12-14-9(11)13-6-7-4-2-3-5-8(7)10/h2-5,12H,6H2,1H3,(H3,11,13,14). The van der Waals surface area contributed by atoms with E-state index in [9.17, 15) is 0 Å². The predicted octanol–water partition coefficient (Wildman–Crippen LogP) is 0.879. The molecule has 0 atom stereocenters. The number of rotatable bonds is 3. The van der Waals surface area contributed by atoms with Crippen LogP contribution in [0.15, 0.2) is 29.3 Å². The van der Waals surface area contributed by atoms with Gasteiger partial charge in [-0.1, -0.05) is 29.8 Å². The van der Waals surface area contributed by atoms with Gasteiger partial charge >= 0.3 is 0 Å². The van der Waals surface area contributed by atoms with Crippen LogP contribution in [0.3, 0.4) is 0 Å². The summed E-state index contributed by atoms with van der Waals surface area (Å²) >= 11 is 5.94. The maximum absolute atomic E-state index is 5.94. The summed E-state index contributed by atoms with van der Waals surface area (Å²) in [5.41, 5.74) is 11.8. The van der Waals surface area contributed by atoms with Crippen molar-refractivity contribution in [2.75, 3.05) is 7.05 Å². The molecule has 0 aliphatic carbocycles. The molecule has 1 rings (SSSR count). The van der Waals surface area contributed by atoms with Crippen molar-refractivity contribution in [3.05, 3.63) is 34.9 Å². The molecule has 0 radical (unpaired) electrons. The van der Waals surface area contributed by atoms with Crippen LogP contribution in [0, 0.1) is 0 Å². The molecule has 1 aromatic rings. The first-order chi connectivity index (χ1) is 6.74. The fourth-order valence-electron chi connectivity index (χ4n) is 0.965. The Morgan fingerprint density at radius 3 is 2.86 bits per heavy atom. The van der Waals surface area contributed by atoms with Gasteiger partial charge in [-0.15, -0.1) is 0 Å². The first-order valence-electron chi connectivity index (χ1n) is 4.20. The Labute approximate surface area is 88.1 Å². The summed E-state index contributed by atoms with van der Waals surface area (Å²) in [5, 5.41) is 0.702. The number of nitrogens with two attached hydrogens (primary N) is 1. The Hall–Kier alpha value is -1.26. The lowest BCUT2D eigenvalue weighted by Gasteiger charge is -2.03. The van der Waals surface area contributed by atoms with Gasteiger partial charge in [0.25, 0.3) is 0 Å². The summed E-state index contributed by atoms with van der Waals surface area (Å²) in [6, 6.07) is 7.54. The zero-order chi connectivity index (χ0) is 10.4. The van der Waals surface area contributed by atoms with E-state index in [1.807, 2.05) is 24.3 Å². The zero-order valence-corrected chi connectivity index (χ0v) is 8.67. The lowest BCUT2D eigenvalue weighted by atomic mass is 10.2. The lowest BCUT2D eigenvalue weighted by Crippen LogP contribution is -2.39. The SMILES string of the molecule is CNNC(N)=NCc1ccccc1Cl. The molecule has 0 bridgehead atoms. The van der Waals surface area contributed by atoms with E-state index in [0.717, 1.165) is 5.56 Å². The second-order valence-electron chi connectivity index (χ2n) is 2.67. The number of hydrogen-bond acceptors (Lipinski definition) is 2. The third-order valence-corrected chi connectivity index (χ3v) is 2.00. The number of guanidine groups is 1. The predicted molar refractivity (Wildman–Crippen MR) is 59.0 cm³/mol. The molecule has 1 aromatic carbocycles. The van der Waals surface area contributed by atoms with Gasteiger partial charge in [0.2, 0.25) is 5.96 Å². The molecule has 0 amide bonds. The van der Waals surface area contributed by atoms with Gasteiger partial charge in [0.05, 0.1) is 6.54 Å². The molecule has 5 heteroatoms. The first kappa shape index (κ1) is 10.8. The average molecular weight is 213 g/mol. The Morgan fingerprint density at radius 1 is 1.50 bits per heavy atom. The third kappa shape index (κ3) is 3.24. The maximum Gasteiger partial charge on any atom is 0.203 e. The lowest BCUT2D eigenvalue weighted by molar-refractivity contribution is 0.755. The van der Waals surface area contributed by atoms with Gasteiger partial charge in [0, 0.05) is 12.1 Å². The quantitative estimate of drug-likeness (QED) is 0.396. The molecule has 76 valence electrons. The number of nitrogens with one attached hydrogen (secondary N) is 2. The molecule has 0 aliphatic heterocycles. The molecule has 0 unspecified atom stereocenters. The summed E-state index contributed by atoms with van der Waals surface area (Å²) in [5.74, 6) is 0.340. The number of halogens is 1. The van der Waals surface area contributed by atoms with Crippen molar-refractivity contribution in [2.24, 2.45) is 10.7 Å². The van der Waals surface area contributed by atoms with Gasteiger partial charge in [0.15, 0.2) is 0 Å². The van der Waals surface area contributed by atoms with Crippen LogP contribution in [0.25, 0.3) is 0 Å². The van der Waals surface area contributed by atoms with Crippen LogP contribution in [0.5, 0.6) is 0 Å². The monoisotopic (exact) mass is 212 g/mol. The second kappa shape index (κ2) is 5.47. The van der Waals surface area contributed by atoms with E-state index in [2.05, 4.69) is 15.8 Å². The van der Waals surface area contributed by atoms with E-state index in [-0.39, 0.29) is 0 Å². The van der Waals surface area contributed by atoms with E-state index in [0.29, 0.717) is 17.5 Å². The minimum atomic E-state index is 0.340. The van der Waals surface area contributed by atoms with Crippen LogP contribution in [0.1, 0.15) is 5.56 Å². The molecule has 0 aromatic heterocycles. The van der Waals surface area contributed by atoms with Crippen LogP contribution in [-0.2, 0) is 6.54 Å². The van der Waals surface area contributed by atoms with Crippen molar-refractivity contribution in [1.29, 1.82) is 0 Å². The van der Waals surface area contributed by atoms with Crippen LogP contribution >= 0.6 is 11.6 Å². The summed E-state index contributed by atoms with van der Waals surface area (Å²) in [7, 11) is 1.72. The van der Waals surface area contributed by atoms with Crippen LogP contribution in [-0.4, -0.2) is 13.0 Å². The van der Waals surface area contributed by atoms with Gasteiger partial charge in [-0.2, -0.15) is 0 Å². The molecular weight excluding hydrogens is 200 g/mol. The Balaban J connectivity index is 2.61. The number of hydrogen-bond donors (Lipinski definition) is 3. The molecule has 0 saturated carbocycles. The van der Waals surface area contributed by atoms with Crippen molar-refractivity contribution >= 4 is 17.6 Å². The van der Waals surface area contributed by atoms with Crippen LogP contribution in [0.4, 0.5) is 0 Å². The molecule has 0 spiro atoms. The topological polar surface area (TPSA) is 62.4 Å². The number of nitrogens with zero attached hydrogens (tertiary/aromatic N) is 1. The van der Waals surface area contributed by atoms with E-state index < -0.39 is 0 Å². The van der Waals surface area contributed by atoms with E-state index in [4.69, 9.17) is 17.3 Å². The molecule has 4 N–H and O–H groups in total. The molecule has 0 fully saturated rings. The normalized spacial score (nSPS) is 11.4. The molecule has 0 heterocycles. The van der Waals surface area contributed by atoms with E-state index in [1.165, 1.54) is 0 Å². The van der Waals surface area contributed by atoms with Crippen molar-refractivity contribution < 1.29 is 0 Å². The fourth-order valence-corrected chi connectivity index (χ4v) is 1.16. The number of benzene rings is 1. The van der Waals surface area contributed by atoms with Crippen LogP contribution < -0.4 is 16.6 Å². The van der Waals surface area contributed by atoms with Crippen molar-refractivity contribution in [3.63, 3.8) is 0 Å². The summed E-state index contributed by atoms with van der Waals surface area (Å²) < 4.78 is 0. The minimum Gasteiger partial charge on any atom is -0.369 e. The Bertz CT molecular complexity index is 324. The molecule has 4 nitrogen and oxygen atoms in total. The Kier molecular flexibility index (Phi) is 4.22. The van der Waals surface area contributed by atoms with Gasteiger partial charge in [-0.25, -0.2) is 10.4 Å². The van der Waals surface area contributed by atoms with Crippen molar-refractivity contribution in [2.45, 2.75) is 6.54 Å². The van der Waals surface area contributed by atoms with E-state index in [1.54, 1.807) is 7.05 Å². The molecule has 0 aliphatic rings. The van der Waals surface area contributed by atoms with Gasteiger partial charge in [-0.3, -0.25) is 5.43 Å². The smallest absolute Gasteiger partial charge is 0.203 e. The third-order valence-electron chi connectivity index (χ3n) is 1.63. The highest BCUT2D eigenvalue weighted by Gasteiger charge is 1.97. The van der Waals surface area contributed by atoms with Crippen LogP contribution in [0.2, 0.25) is 5.02 Å². The summed E-state index contributed by atoms with van der Waals surface area (Å²) in [4.78, 5) is 4.08. The average Bonchev–Trinajstić information content (AvgIpc) is 2.17. The highest BCUT2D eigenvalue weighted by molar-refractivity contribution is 6.31. The molecular formula is C9H13ClN4. The molecule has 0 saturated heterocycles. The van der Waals surface area contributed by atoms with E-state index >= 15 is 0 Å². The summed E-state index contributed by atoms with van der Waals surface area (Å²) in [6.45, 7) is 0.472. The number of hydrazine groups is 1. The maximum atomic E-state index is 5.94. The zero-order valence-electron chi connectivity index (χ0n) is 7.92. The van der Waals surface area contributed by atoms with Gasteiger partial charge < -0.3 is 5.73 Å². The van der Waals surface area contributed by atoms with Gasteiger partial charge in [0.1, 0.15) is 0 Å². The Morgan fingerprint density at radius 2 is 2.21 bits per heavy atom. The molecule has 14 heavy (non-hydrogen) atoms. The first-order valence-corrected chi connectivity index (χ1v) is 4.58. The number of aliphatic imine (C=N–C) groups is 1. The fraction of sp³-hybridized carbons (Fsp3) is 0.222. The minimum absolute atomic E-state index is 0.340. The van der Waals surface area contributed by atoms with Crippen molar-refractivity contribution in [3.8, 4) is 0 Å². The van der Waals surface area contributed by atoms with Gasteiger partial charge in [-0.05, 0) is 11.6 Å².